The van der Waals surface area contributed by atoms with Crippen LogP contribution in [0.3, 0.4) is 0 Å². The highest BCUT2D eigenvalue weighted by Crippen LogP contribution is 2.17. The molecule has 3 heterocycles. The van der Waals surface area contributed by atoms with E-state index in [1.807, 2.05) is 28.6 Å². The molecule has 1 aliphatic rings. The number of imidazole rings is 1. The second-order valence-corrected chi connectivity index (χ2v) is 6.10. The Bertz CT molecular complexity index is 563. The Morgan fingerprint density at radius 2 is 2.05 bits per heavy atom. The Balaban J connectivity index is 1.74. The van der Waals surface area contributed by atoms with E-state index in [0.717, 1.165) is 37.7 Å². The van der Waals surface area contributed by atoms with Crippen LogP contribution in [0.2, 0.25) is 0 Å². The van der Waals surface area contributed by atoms with Gasteiger partial charge in [0.2, 0.25) is 0 Å². The third kappa shape index (κ3) is 2.37. The van der Waals surface area contributed by atoms with Crippen LogP contribution in [0.1, 0.15) is 22.3 Å². The average molecular weight is 278 g/mol. The van der Waals surface area contributed by atoms with Gasteiger partial charge in [-0.1, -0.05) is 6.92 Å². The van der Waals surface area contributed by atoms with Crippen molar-refractivity contribution in [2.75, 3.05) is 32.7 Å². The molecule has 0 radical (unpaired) electrons. The van der Waals surface area contributed by atoms with Gasteiger partial charge >= 0.3 is 0 Å². The Hall–Kier alpha value is -1.40. The van der Waals surface area contributed by atoms with Gasteiger partial charge in [0.15, 0.2) is 4.96 Å². The summed E-state index contributed by atoms with van der Waals surface area (Å²) in [4.78, 5) is 23.2. The van der Waals surface area contributed by atoms with Crippen LogP contribution in [0.4, 0.5) is 0 Å². The third-order valence-corrected chi connectivity index (χ3v) is 4.51. The molecule has 1 fully saturated rings. The summed E-state index contributed by atoms with van der Waals surface area (Å²) in [5, 5.41) is 0. The van der Waals surface area contributed by atoms with Crippen LogP contribution in [-0.4, -0.2) is 57.8 Å². The average Bonchev–Trinajstić information content (AvgIpc) is 2.95. The van der Waals surface area contributed by atoms with E-state index in [1.165, 1.54) is 4.88 Å². The molecule has 0 bridgehead atoms. The van der Waals surface area contributed by atoms with Gasteiger partial charge in [0, 0.05) is 43.4 Å². The lowest BCUT2D eigenvalue weighted by molar-refractivity contribution is 0.0638. The molecule has 0 aromatic carbocycles. The number of nitrogens with zero attached hydrogens (tertiary/aromatic N) is 4. The van der Waals surface area contributed by atoms with Crippen molar-refractivity contribution in [2.24, 2.45) is 0 Å². The van der Waals surface area contributed by atoms with Crippen LogP contribution in [0.5, 0.6) is 0 Å². The van der Waals surface area contributed by atoms with Crippen molar-refractivity contribution in [1.29, 1.82) is 0 Å². The monoisotopic (exact) mass is 278 g/mol. The lowest BCUT2D eigenvalue weighted by Gasteiger charge is -2.33. The molecule has 19 heavy (non-hydrogen) atoms. The molecule has 0 N–H and O–H groups in total. The highest BCUT2D eigenvalue weighted by Gasteiger charge is 2.23. The van der Waals surface area contributed by atoms with Crippen LogP contribution < -0.4 is 0 Å². The minimum Gasteiger partial charge on any atom is -0.335 e. The number of thiazole rings is 1. The zero-order valence-corrected chi connectivity index (χ0v) is 12.1. The van der Waals surface area contributed by atoms with Crippen molar-refractivity contribution in [3.05, 3.63) is 23.0 Å². The zero-order chi connectivity index (χ0) is 13.4. The number of fused-ring (bicyclic) bond motifs is 1. The summed E-state index contributed by atoms with van der Waals surface area (Å²) in [5.74, 6) is 0.0595. The molecule has 1 aliphatic heterocycles. The van der Waals surface area contributed by atoms with Crippen LogP contribution >= 0.6 is 11.3 Å². The maximum atomic E-state index is 12.4. The number of carbonyl (C=O) groups is 1. The molecule has 0 spiro atoms. The van der Waals surface area contributed by atoms with Gasteiger partial charge in [-0.15, -0.1) is 11.3 Å². The lowest BCUT2D eigenvalue weighted by Crippen LogP contribution is -2.48. The molecular formula is C13H18N4OS. The summed E-state index contributed by atoms with van der Waals surface area (Å²) in [6.07, 6.45) is 3.85. The predicted octanol–water partition coefficient (Wildman–Crippen LogP) is 1.48. The number of amides is 1. The molecule has 0 atom stereocenters. The van der Waals surface area contributed by atoms with E-state index in [9.17, 15) is 4.79 Å². The van der Waals surface area contributed by atoms with Gasteiger partial charge in [0.1, 0.15) is 5.69 Å². The van der Waals surface area contributed by atoms with Crippen molar-refractivity contribution >= 4 is 22.2 Å². The van der Waals surface area contributed by atoms with Crippen molar-refractivity contribution in [2.45, 2.75) is 13.8 Å². The van der Waals surface area contributed by atoms with Gasteiger partial charge in [-0.3, -0.25) is 9.20 Å². The van der Waals surface area contributed by atoms with E-state index in [1.54, 1.807) is 11.3 Å². The molecule has 2 aromatic rings. The molecule has 3 rings (SSSR count). The molecular weight excluding hydrogens is 260 g/mol. The first kappa shape index (κ1) is 12.6. The number of aromatic nitrogens is 2. The Kier molecular flexibility index (Phi) is 3.28. The minimum atomic E-state index is 0.0595. The number of hydrogen-bond acceptors (Lipinski definition) is 4. The van der Waals surface area contributed by atoms with E-state index < -0.39 is 0 Å². The van der Waals surface area contributed by atoms with Crippen molar-refractivity contribution < 1.29 is 4.79 Å². The van der Waals surface area contributed by atoms with Gasteiger partial charge in [-0.05, 0) is 13.5 Å². The quantitative estimate of drug-likeness (QED) is 0.835. The fourth-order valence-electron chi connectivity index (χ4n) is 2.44. The molecule has 0 unspecified atom stereocenters. The van der Waals surface area contributed by atoms with Gasteiger partial charge in [0.05, 0.1) is 0 Å². The van der Waals surface area contributed by atoms with Crippen LogP contribution in [0.25, 0.3) is 4.96 Å². The molecule has 1 amide bonds. The van der Waals surface area contributed by atoms with E-state index in [-0.39, 0.29) is 5.91 Å². The second kappa shape index (κ2) is 4.94. The first-order chi connectivity index (χ1) is 9.17. The molecule has 2 aromatic heterocycles. The predicted molar refractivity (Wildman–Crippen MR) is 75.8 cm³/mol. The van der Waals surface area contributed by atoms with Crippen molar-refractivity contribution in [3.63, 3.8) is 0 Å². The number of carbonyl (C=O) groups excluding carboxylic acids is 1. The summed E-state index contributed by atoms with van der Waals surface area (Å²) < 4.78 is 1.94. The van der Waals surface area contributed by atoms with E-state index in [2.05, 4.69) is 16.8 Å². The van der Waals surface area contributed by atoms with E-state index in [0.29, 0.717) is 5.69 Å². The van der Waals surface area contributed by atoms with Gasteiger partial charge < -0.3 is 9.80 Å². The Labute approximate surface area is 116 Å². The standard InChI is InChI=1S/C13H18N4OS/c1-3-15-4-6-16(7-5-15)12(18)11-9-17-8-10(2)19-13(17)14-11/h8-9H,3-7H2,1-2H3. The maximum Gasteiger partial charge on any atom is 0.274 e. The van der Waals surface area contributed by atoms with Gasteiger partial charge in [0.25, 0.3) is 5.91 Å². The van der Waals surface area contributed by atoms with Crippen molar-refractivity contribution in [3.8, 4) is 0 Å². The number of likely N-dealkylation sites (N-methyl/N-ethyl adjacent to an activating group) is 1. The molecule has 5 nitrogen and oxygen atoms in total. The Morgan fingerprint density at radius 3 is 2.68 bits per heavy atom. The normalized spacial score (nSPS) is 17.3. The summed E-state index contributed by atoms with van der Waals surface area (Å²) in [7, 11) is 0. The van der Waals surface area contributed by atoms with Crippen LogP contribution in [0.15, 0.2) is 12.4 Å². The topological polar surface area (TPSA) is 40.9 Å². The molecule has 0 aliphatic carbocycles. The summed E-state index contributed by atoms with van der Waals surface area (Å²) in [6.45, 7) is 8.79. The fraction of sp³-hybridized carbons (Fsp3) is 0.538. The summed E-state index contributed by atoms with van der Waals surface area (Å²) >= 11 is 1.61. The molecule has 0 saturated carbocycles. The maximum absolute atomic E-state index is 12.4. The van der Waals surface area contributed by atoms with Gasteiger partial charge in [-0.25, -0.2) is 4.98 Å². The second-order valence-electron chi connectivity index (χ2n) is 4.88. The first-order valence-electron chi connectivity index (χ1n) is 6.64. The molecule has 1 saturated heterocycles. The number of piperazine rings is 1. The zero-order valence-electron chi connectivity index (χ0n) is 11.3. The van der Waals surface area contributed by atoms with Crippen LogP contribution in [-0.2, 0) is 0 Å². The highest BCUT2D eigenvalue weighted by molar-refractivity contribution is 7.17. The Morgan fingerprint density at radius 1 is 1.32 bits per heavy atom. The SMILES string of the molecule is CCN1CCN(C(=O)c2cn3cc(C)sc3n2)CC1. The highest BCUT2D eigenvalue weighted by atomic mass is 32.1. The van der Waals surface area contributed by atoms with E-state index in [4.69, 9.17) is 0 Å². The number of rotatable bonds is 2. The number of hydrogen-bond donors (Lipinski definition) is 0. The molecule has 6 heteroatoms. The fourth-order valence-corrected chi connectivity index (χ4v) is 3.25. The van der Waals surface area contributed by atoms with Gasteiger partial charge in [-0.2, -0.15) is 0 Å². The lowest BCUT2D eigenvalue weighted by atomic mass is 10.3. The van der Waals surface area contributed by atoms with Crippen LogP contribution in [0, 0.1) is 6.92 Å². The minimum absolute atomic E-state index is 0.0595. The van der Waals surface area contributed by atoms with Crippen molar-refractivity contribution in [1.82, 2.24) is 19.2 Å². The third-order valence-electron chi connectivity index (χ3n) is 3.60. The van der Waals surface area contributed by atoms with E-state index >= 15 is 0 Å². The summed E-state index contributed by atoms with van der Waals surface area (Å²) in [6, 6.07) is 0. The smallest absolute Gasteiger partial charge is 0.274 e. The largest absolute Gasteiger partial charge is 0.335 e. The molecule has 102 valence electrons. The first-order valence-corrected chi connectivity index (χ1v) is 7.46. The summed E-state index contributed by atoms with van der Waals surface area (Å²) in [5.41, 5.74) is 0.566. The number of aryl methyl sites for hydroxylation is 1.